The molecule has 3 rings (SSSR count). The van der Waals surface area contributed by atoms with Crippen molar-refractivity contribution >= 4 is 0 Å². The van der Waals surface area contributed by atoms with Crippen molar-refractivity contribution < 1.29 is 10.2 Å². The molecule has 5 nitrogen and oxygen atoms in total. The molecule has 102 valence electrons. The van der Waals surface area contributed by atoms with Gasteiger partial charge in [-0.15, -0.1) is 0 Å². The molecule has 0 aliphatic heterocycles. The number of hydrogen-bond acceptors (Lipinski definition) is 4. The number of aromatic nitrogens is 2. The quantitative estimate of drug-likeness (QED) is 0.754. The highest BCUT2D eigenvalue weighted by Gasteiger charge is 2.12. The monoisotopic (exact) mass is 277 g/mol. The normalized spacial score (nSPS) is 10.2. The number of aromatic hydroxyl groups is 2. The van der Waals surface area contributed by atoms with Gasteiger partial charge in [-0.05, 0) is 48.5 Å². The first-order valence-electron chi connectivity index (χ1n) is 6.26. The van der Waals surface area contributed by atoms with Crippen LogP contribution in [0.5, 0.6) is 11.5 Å². The lowest BCUT2D eigenvalue weighted by atomic mass is 10.1. The van der Waals surface area contributed by atoms with Crippen LogP contribution in [0.15, 0.2) is 54.7 Å². The lowest BCUT2D eigenvalue weighted by Crippen LogP contribution is -1.94. The molecule has 0 aliphatic rings. The van der Waals surface area contributed by atoms with Gasteiger partial charge in [0.1, 0.15) is 23.3 Å². The third-order valence-electron chi connectivity index (χ3n) is 3.09. The number of nitriles is 1. The Labute approximate surface area is 120 Å². The van der Waals surface area contributed by atoms with Crippen LogP contribution >= 0.6 is 0 Å². The summed E-state index contributed by atoms with van der Waals surface area (Å²) in [5.41, 5.74) is 2.48. The van der Waals surface area contributed by atoms with Gasteiger partial charge in [0.2, 0.25) is 0 Å². The highest BCUT2D eigenvalue weighted by atomic mass is 16.3. The summed E-state index contributed by atoms with van der Waals surface area (Å²) in [6.07, 6.45) is 1.63. The van der Waals surface area contributed by atoms with Crippen LogP contribution in [0.1, 0.15) is 5.56 Å². The summed E-state index contributed by atoms with van der Waals surface area (Å²) in [6.45, 7) is 0. The molecule has 2 N–H and O–H groups in total. The van der Waals surface area contributed by atoms with E-state index in [1.165, 1.54) is 0 Å². The predicted molar refractivity (Wildman–Crippen MR) is 77.0 cm³/mol. The van der Waals surface area contributed by atoms with E-state index in [-0.39, 0.29) is 11.5 Å². The zero-order valence-electron chi connectivity index (χ0n) is 10.9. The molecule has 1 heterocycles. The molecule has 0 saturated carbocycles. The molecule has 0 fully saturated rings. The summed E-state index contributed by atoms with van der Waals surface area (Å²) in [7, 11) is 0. The van der Waals surface area contributed by atoms with E-state index >= 15 is 0 Å². The van der Waals surface area contributed by atoms with Gasteiger partial charge in [0.25, 0.3) is 0 Å². The first-order chi connectivity index (χ1) is 10.2. The van der Waals surface area contributed by atoms with Crippen molar-refractivity contribution in [3.05, 3.63) is 60.3 Å². The zero-order valence-corrected chi connectivity index (χ0v) is 10.9. The van der Waals surface area contributed by atoms with E-state index < -0.39 is 0 Å². The highest BCUT2D eigenvalue weighted by Crippen LogP contribution is 2.25. The Morgan fingerprint density at radius 2 is 1.48 bits per heavy atom. The fourth-order valence-corrected chi connectivity index (χ4v) is 2.03. The van der Waals surface area contributed by atoms with Gasteiger partial charge in [-0.25, -0.2) is 4.68 Å². The van der Waals surface area contributed by atoms with E-state index in [4.69, 9.17) is 0 Å². The van der Waals surface area contributed by atoms with Crippen LogP contribution in [0.25, 0.3) is 16.9 Å². The van der Waals surface area contributed by atoms with Crippen molar-refractivity contribution in [2.75, 3.05) is 0 Å². The molecule has 21 heavy (non-hydrogen) atoms. The minimum Gasteiger partial charge on any atom is -0.508 e. The largest absolute Gasteiger partial charge is 0.508 e. The Morgan fingerprint density at radius 1 is 0.905 bits per heavy atom. The fourth-order valence-electron chi connectivity index (χ4n) is 2.03. The second kappa shape index (κ2) is 5.02. The van der Waals surface area contributed by atoms with Gasteiger partial charge in [0.05, 0.1) is 11.3 Å². The Morgan fingerprint density at radius 3 is 2.05 bits per heavy atom. The topological polar surface area (TPSA) is 82.1 Å². The van der Waals surface area contributed by atoms with Gasteiger partial charge >= 0.3 is 0 Å². The van der Waals surface area contributed by atoms with E-state index in [2.05, 4.69) is 11.2 Å². The van der Waals surface area contributed by atoms with Gasteiger partial charge in [-0.1, -0.05) is 0 Å². The van der Waals surface area contributed by atoms with Crippen molar-refractivity contribution in [2.24, 2.45) is 0 Å². The van der Waals surface area contributed by atoms with Gasteiger partial charge in [-0.2, -0.15) is 10.4 Å². The third-order valence-corrected chi connectivity index (χ3v) is 3.09. The van der Waals surface area contributed by atoms with E-state index in [1.54, 1.807) is 59.4 Å². The summed E-state index contributed by atoms with van der Waals surface area (Å²) in [6, 6.07) is 15.2. The summed E-state index contributed by atoms with van der Waals surface area (Å²) in [5, 5.41) is 32.3. The molecule has 0 amide bonds. The van der Waals surface area contributed by atoms with Crippen LogP contribution in [0, 0.1) is 11.3 Å². The molecule has 2 aromatic carbocycles. The van der Waals surface area contributed by atoms with E-state index in [0.717, 1.165) is 11.3 Å². The number of rotatable bonds is 2. The molecule has 1 aromatic heterocycles. The first-order valence-corrected chi connectivity index (χ1v) is 6.26. The van der Waals surface area contributed by atoms with Crippen LogP contribution < -0.4 is 0 Å². The second-order valence-electron chi connectivity index (χ2n) is 4.51. The predicted octanol–water partition coefficient (Wildman–Crippen LogP) is 2.82. The van der Waals surface area contributed by atoms with Gasteiger partial charge in [-0.3, -0.25) is 0 Å². The molecule has 0 saturated heterocycles. The number of hydrogen-bond donors (Lipinski definition) is 2. The molecule has 0 radical (unpaired) electrons. The second-order valence-corrected chi connectivity index (χ2v) is 4.51. The van der Waals surface area contributed by atoms with Crippen molar-refractivity contribution in [2.45, 2.75) is 0 Å². The van der Waals surface area contributed by atoms with Crippen LogP contribution in [0.2, 0.25) is 0 Å². The van der Waals surface area contributed by atoms with Crippen LogP contribution in [-0.2, 0) is 0 Å². The molecular weight excluding hydrogens is 266 g/mol. The third kappa shape index (κ3) is 2.42. The maximum absolute atomic E-state index is 9.32. The Balaban J connectivity index is 2.08. The first kappa shape index (κ1) is 12.8. The van der Waals surface area contributed by atoms with Crippen molar-refractivity contribution in [1.82, 2.24) is 9.78 Å². The van der Waals surface area contributed by atoms with E-state index in [1.807, 2.05) is 0 Å². The summed E-state index contributed by atoms with van der Waals surface area (Å²) >= 11 is 0. The van der Waals surface area contributed by atoms with E-state index in [9.17, 15) is 15.5 Å². The van der Waals surface area contributed by atoms with Crippen molar-refractivity contribution in [3.8, 4) is 34.5 Å². The smallest absolute Gasteiger partial charge is 0.115 e. The fraction of sp³-hybridized carbons (Fsp3) is 0. The summed E-state index contributed by atoms with van der Waals surface area (Å²) in [4.78, 5) is 0. The number of benzene rings is 2. The molecule has 0 unspecified atom stereocenters. The van der Waals surface area contributed by atoms with E-state index in [0.29, 0.717) is 11.3 Å². The van der Waals surface area contributed by atoms with Crippen LogP contribution in [-0.4, -0.2) is 20.0 Å². The maximum Gasteiger partial charge on any atom is 0.115 e. The van der Waals surface area contributed by atoms with Gasteiger partial charge < -0.3 is 10.2 Å². The summed E-state index contributed by atoms with van der Waals surface area (Å²) in [5.74, 6) is 0.334. The van der Waals surface area contributed by atoms with Crippen LogP contribution in [0.3, 0.4) is 0 Å². The SMILES string of the molecule is N#Cc1cn(-c2ccc(O)cc2)nc1-c1ccc(O)cc1. The minimum absolute atomic E-state index is 0.162. The van der Waals surface area contributed by atoms with Crippen molar-refractivity contribution in [3.63, 3.8) is 0 Å². The highest BCUT2D eigenvalue weighted by molar-refractivity contribution is 5.67. The Bertz CT molecular complexity index is 812. The molecule has 0 bridgehead atoms. The molecule has 0 atom stereocenters. The minimum atomic E-state index is 0.162. The zero-order chi connectivity index (χ0) is 14.8. The number of nitrogens with zero attached hydrogens (tertiary/aromatic N) is 3. The molecular formula is C16H11N3O2. The van der Waals surface area contributed by atoms with Gasteiger partial charge in [0, 0.05) is 11.8 Å². The summed E-state index contributed by atoms with van der Waals surface area (Å²) < 4.78 is 1.58. The van der Waals surface area contributed by atoms with Crippen molar-refractivity contribution in [1.29, 1.82) is 5.26 Å². The lowest BCUT2D eigenvalue weighted by molar-refractivity contribution is 0.475. The average molecular weight is 277 g/mol. The average Bonchev–Trinajstić information content (AvgIpc) is 2.93. The Hall–Kier alpha value is -3.26. The lowest BCUT2D eigenvalue weighted by Gasteiger charge is -2.01. The standard InChI is InChI=1S/C16H11N3O2/c17-9-12-10-19(13-3-7-15(21)8-4-13)18-16(12)11-1-5-14(20)6-2-11/h1-8,10,20-21H. The molecule has 3 aromatic rings. The molecule has 0 spiro atoms. The molecule has 5 heteroatoms. The van der Waals surface area contributed by atoms with Gasteiger partial charge in [0.15, 0.2) is 0 Å². The van der Waals surface area contributed by atoms with Crippen LogP contribution in [0.4, 0.5) is 0 Å². The number of phenolic OH excluding ortho intramolecular Hbond substituents is 2. The maximum atomic E-state index is 9.32. The number of phenols is 2. The Kier molecular flexibility index (Phi) is 3.05. The molecule has 0 aliphatic carbocycles.